The molecular weight excluding hydrogens is 322 g/mol. The molecule has 0 saturated carbocycles. The Morgan fingerprint density at radius 1 is 1.54 bits per heavy atom. The largest absolute Gasteiger partial charge is 0.376 e. The van der Waals surface area contributed by atoms with E-state index in [4.69, 9.17) is 4.74 Å². The van der Waals surface area contributed by atoms with E-state index in [1.165, 1.54) is 0 Å². The lowest BCUT2D eigenvalue weighted by Gasteiger charge is -2.25. The quantitative estimate of drug-likeness (QED) is 0.833. The van der Waals surface area contributed by atoms with Crippen LogP contribution < -0.4 is 0 Å². The summed E-state index contributed by atoms with van der Waals surface area (Å²) in [5.41, 5.74) is 2.81. The first-order valence-corrected chi connectivity index (χ1v) is 9.53. The molecule has 3 rings (SSSR count). The number of carbonyl (C=O) groups is 1. The first kappa shape index (κ1) is 17.2. The number of aromatic amines is 1. The smallest absolute Gasteiger partial charge is 0.256 e. The highest BCUT2D eigenvalue weighted by Gasteiger charge is 2.26. The van der Waals surface area contributed by atoms with Crippen molar-refractivity contribution in [2.24, 2.45) is 0 Å². The molecule has 1 fully saturated rings. The number of amides is 1. The minimum absolute atomic E-state index is 0.0723. The Bertz CT molecular complexity index is 673. The summed E-state index contributed by atoms with van der Waals surface area (Å²) >= 11 is 1.61. The van der Waals surface area contributed by atoms with E-state index in [2.05, 4.69) is 16.9 Å². The zero-order chi connectivity index (χ0) is 16.9. The van der Waals surface area contributed by atoms with Crippen LogP contribution in [0.15, 0.2) is 17.6 Å². The lowest BCUT2D eigenvalue weighted by Crippen LogP contribution is -2.37. The van der Waals surface area contributed by atoms with Gasteiger partial charge >= 0.3 is 0 Å². The van der Waals surface area contributed by atoms with Crippen molar-refractivity contribution in [3.8, 4) is 0 Å². The van der Waals surface area contributed by atoms with Gasteiger partial charge in [-0.25, -0.2) is 4.98 Å². The maximum absolute atomic E-state index is 13.1. The molecule has 130 valence electrons. The fourth-order valence-electron chi connectivity index (χ4n) is 3.12. The van der Waals surface area contributed by atoms with Gasteiger partial charge in [0.15, 0.2) is 0 Å². The summed E-state index contributed by atoms with van der Waals surface area (Å²) in [6.07, 6.45) is 6.00. The van der Waals surface area contributed by atoms with E-state index in [-0.39, 0.29) is 12.0 Å². The normalized spacial score (nSPS) is 17.3. The predicted octanol–water partition coefficient (Wildman–Crippen LogP) is 3.55. The molecule has 5 nitrogen and oxygen atoms in total. The van der Waals surface area contributed by atoms with Crippen molar-refractivity contribution in [3.63, 3.8) is 0 Å². The SMILES string of the molecule is CCCc1[nH]ccc1C(=O)N(Cc1nc(C)cs1)CC1CCCO1. The number of carbonyl (C=O) groups excluding carboxylic acids is 1. The van der Waals surface area contributed by atoms with Gasteiger partial charge in [-0.3, -0.25) is 4.79 Å². The molecule has 3 heterocycles. The maximum Gasteiger partial charge on any atom is 0.256 e. The van der Waals surface area contributed by atoms with Gasteiger partial charge in [-0.05, 0) is 32.3 Å². The molecule has 1 saturated heterocycles. The van der Waals surface area contributed by atoms with E-state index in [0.29, 0.717) is 13.1 Å². The van der Waals surface area contributed by atoms with Crippen molar-refractivity contribution in [2.75, 3.05) is 13.2 Å². The fourth-order valence-corrected chi connectivity index (χ4v) is 3.91. The summed E-state index contributed by atoms with van der Waals surface area (Å²) in [6.45, 7) is 6.09. The molecule has 0 aliphatic carbocycles. The molecule has 1 unspecified atom stereocenters. The van der Waals surface area contributed by atoms with Crippen LogP contribution >= 0.6 is 11.3 Å². The Balaban J connectivity index is 1.79. The summed E-state index contributed by atoms with van der Waals surface area (Å²) < 4.78 is 5.75. The third-order valence-electron chi connectivity index (χ3n) is 4.29. The lowest BCUT2D eigenvalue weighted by molar-refractivity contribution is 0.0506. The Morgan fingerprint density at radius 2 is 2.42 bits per heavy atom. The highest BCUT2D eigenvalue weighted by Crippen LogP contribution is 2.20. The number of hydrogen-bond acceptors (Lipinski definition) is 4. The molecule has 24 heavy (non-hydrogen) atoms. The molecule has 1 aliphatic rings. The number of thiazole rings is 1. The van der Waals surface area contributed by atoms with Gasteiger partial charge in [0.25, 0.3) is 5.91 Å². The summed E-state index contributed by atoms with van der Waals surface area (Å²) in [5.74, 6) is 0.0723. The summed E-state index contributed by atoms with van der Waals surface area (Å²) in [4.78, 5) is 22.8. The minimum Gasteiger partial charge on any atom is -0.376 e. The molecule has 2 aromatic rings. The predicted molar refractivity (Wildman–Crippen MR) is 95.4 cm³/mol. The molecule has 0 bridgehead atoms. The number of ether oxygens (including phenoxy) is 1. The van der Waals surface area contributed by atoms with Crippen LogP contribution in [-0.2, 0) is 17.7 Å². The highest BCUT2D eigenvalue weighted by atomic mass is 32.1. The van der Waals surface area contributed by atoms with Crippen molar-refractivity contribution in [3.05, 3.63) is 39.6 Å². The monoisotopic (exact) mass is 347 g/mol. The standard InChI is InChI=1S/C18H25N3O2S/c1-3-5-16-15(7-8-19-16)18(22)21(10-14-6-4-9-23-14)11-17-20-13(2)12-24-17/h7-8,12,14,19H,3-6,9-11H2,1-2H3. The second kappa shape index (κ2) is 7.94. The topological polar surface area (TPSA) is 58.2 Å². The number of nitrogens with one attached hydrogen (secondary N) is 1. The number of hydrogen-bond donors (Lipinski definition) is 1. The average molecular weight is 347 g/mol. The van der Waals surface area contributed by atoms with Gasteiger partial charge in [0.05, 0.1) is 18.2 Å². The minimum atomic E-state index is 0.0723. The molecule has 2 aromatic heterocycles. The number of aryl methyl sites for hydroxylation is 2. The molecule has 0 aromatic carbocycles. The van der Waals surface area contributed by atoms with Crippen LogP contribution in [0.4, 0.5) is 0 Å². The molecule has 0 spiro atoms. The van der Waals surface area contributed by atoms with E-state index >= 15 is 0 Å². The average Bonchev–Trinajstić information content (AvgIpc) is 3.29. The van der Waals surface area contributed by atoms with E-state index in [9.17, 15) is 4.79 Å². The van der Waals surface area contributed by atoms with E-state index in [0.717, 1.165) is 54.2 Å². The second-order valence-corrected chi connectivity index (χ2v) is 7.27. The molecule has 6 heteroatoms. The molecule has 1 aliphatic heterocycles. The molecule has 1 amide bonds. The Kier molecular flexibility index (Phi) is 5.68. The van der Waals surface area contributed by atoms with Gasteiger partial charge in [-0.2, -0.15) is 0 Å². The number of nitrogens with zero attached hydrogens (tertiary/aromatic N) is 2. The number of H-pyrrole nitrogens is 1. The summed E-state index contributed by atoms with van der Waals surface area (Å²) in [6, 6.07) is 1.89. The van der Waals surface area contributed by atoms with Gasteiger partial charge in [0, 0.05) is 36.1 Å². The van der Waals surface area contributed by atoms with Gasteiger partial charge in [0.1, 0.15) is 5.01 Å². The van der Waals surface area contributed by atoms with Gasteiger partial charge in [-0.15, -0.1) is 11.3 Å². The lowest BCUT2D eigenvalue weighted by atomic mass is 10.1. The van der Waals surface area contributed by atoms with Crippen LogP contribution in [0.2, 0.25) is 0 Å². The van der Waals surface area contributed by atoms with Crippen LogP contribution in [0.5, 0.6) is 0 Å². The van der Waals surface area contributed by atoms with Crippen LogP contribution in [0, 0.1) is 6.92 Å². The number of rotatable bonds is 7. The zero-order valence-electron chi connectivity index (χ0n) is 14.4. The van der Waals surface area contributed by atoms with Crippen molar-refractivity contribution in [1.82, 2.24) is 14.9 Å². The van der Waals surface area contributed by atoms with Crippen LogP contribution in [0.1, 0.15) is 52.9 Å². The third-order valence-corrected chi connectivity index (χ3v) is 5.24. The molecule has 1 atom stereocenters. The van der Waals surface area contributed by atoms with E-state index < -0.39 is 0 Å². The van der Waals surface area contributed by atoms with Gasteiger partial charge < -0.3 is 14.6 Å². The number of aromatic nitrogens is 2. The zero-order valence-corrected chi connectivity index (χ0v) is 15.2. The summed E-state index contributed by atoms with van der Waals surface area (Å²) in [7, 11) is 0. The Hall–Kier alpha value is -1.66. The molecule has 0 radical (unpaired) electrons. The van der Waals surface area contributed by atoms with Crippen LogP contribution in [-0.4, -0.2) is 40.0 Å². The Labute approximate surface area is 147 Å². The third kappa shape index (κ3) is 4.05. The molecular formula is C18H25N3O2S. The van der Waals surface area contributed by atoms with Crippen molar-refractivity contribution >= 4 is 17.2 Å². The van der Waals surface area contributed by atoms with Crippen LogP contribution in [0.25, 0.3) is 0 Å². The van der Waals surface area contributed by atoms with Crippen molar-refractivity contribution in [1.29, 1.82) is 0 Å². The Morgan fingerprint density at radius 3 is 3.08 bits per heavy atom. The summed E-state index contributed by atoms with van der Waals surface area (Å²) in [5, 5.41) is 3.01. The van der Waals surface area contributed by atoms with E-state index in [1.54, 1.807) is 11.3 Å². The molecule has 1 N–H and O–H groups in total. The van der Waals surface area contributed by atoms with E-state index in [1.807, 2.05) is 29.5 Å². The second-order valence-electron chi connectivity index (χ2n) is 6.32. The van der Waals surface area contributed by atoms with Crippen LogP contribution in [0.3, 0.4) is 0 Å². The first-order valence-electron chi connectivity index (χ1n) is 8.65. The fraction of sp³-hybridized carbons (Fsp3) is 0.556. The maximum atomic E-state index is 13.1. The first-order chi connectivity index (χ1) is 11.7. The highest BCUT2D eigenvalue weighted by molar-refractivity contribution is 7.09. The van der Waals surface area contributed by atoms with Crippen molar-refractivity contribution in [2.45, 2.75) is 52.2 Å². The van der Waals surface area contributed by atoms with Gasteiger partial charge in [0.2, 0.25) is 0 Å². The van der Waals surface area contributed by atoms with Crippen molar-refractivity contribution < 1.29 is 9.53 Å². The van der Waals surface area contributed by atoms with Gasteiger partial charge in [-0.1, -0.05) is 13.3 Å².